The van der Waals surface area contributed by atoms with E-state index in [0.717, 1.165) is 64.2 Å². The molecule has 0 rings (SSSR count). The molecule has 11 nitrogen and oxygen atoms in total. The zero-order valence-corrected chi connectivity index (χ0v) is 38.7. The molecule has 0 heterocycles. The van der Waals surface area contributed by atoms with Crippen molar-refractivity contribution < 1.29 is 47.5 Å². The van der Waals surface area contributed by atoms with Gasteiger partial charge in [0.2, 0.25) is 0 Å². The highest BCUT2D eigenvalue weighted by atomic mass is 31.2. The van der Waals surface area contributed by atoms with Crippen molar-refractivity contribution in [2.75, 3.05) is 19.8 Å². The van der Waals surface area contributed by atoms with Crippen molar-refractivity contribution in [2.45, 2.75) is 219 Å². The number of allylic oxidation sites excluding steroid dienone is 8. The van der Waals surface area contributed by atoms with Crippen molar-refractivity contribution in [1.82, 2.24) is 0 Å². The maximum Gasteiger partial charge on any atom is 0.472 e. The summed E-state index contributed by atoms with van der Waals surface area (Å²) >= 11 is 0. The number of carbonyl (C=O) groups excluding carboxylic acids is 2. The molecule has 3 atom stereocenters. The smallest absolute Gasteiger partial charge is 0.472 e. The van der Waals surface area contributed by atoms with Crippen molar-refractivity contribution in [1.29, 1.82) is 0 Å². The summed E-state index contributed by atoms with van der Waals surface area (Å²) < 4.78 is 32.8. The van der Waals surface area contributed by atoms with Crippen LogP contribution in [-0.4, -0.2) is 59.9 Å². The lowest BCUT2D eigenvalue weighted by Gasteiger charge is -2.20. The van der Waals surface area contributed by atoms with Gasteiger partial charge in [-0.2, -0.15) is 0 Å². The Balaban J connectivity index is 4.32. The van der Waals surface area contributed by atoms with Crippen LogP contribution in [0.3, 0.4) is 0 Å². The minimum absolute atomic E-state index is 0.154. The highest BCUT2D eigenvalue weighted by Crippen LogP contribution is 2.43. The van der Waals surface area contributed by atoms with E-state index in [-0.39, 0.29) is 19.4 Å². The lowest BCUT2D eigenvalue weighted by atomic mass is 10.1. The van der Waals surface area contributed by atoms with Crippen LogP contribution in [0.1, 0.15) is 206 Å². The number of ether oxygens (including phenoxy) is 2. The summed E-state index contributed by atoms with van der Waals surface area (Å²) in [5, 5.41) is 8.91. The number of esters is 2. The summed E-state index contributed by atoms with van der Waals surface area (Å²) in [6, 6.07) is -1.52. The molecule has 0 aromatic heterocycles. The molecule has 0 aliphatic carbocycles. The van der Waals surface area contributed by atoms with Crippen molar-refractivity contribution in [2.24, 2.45) is 5.73 Å². The molecule has 4 N–H and O–H groups in total. The molecule has 0 radical (unpaired) electrons. The van der Waals surface area contributed by atoms with Crippen molar-refractivity contribution >= 4 is 25.7 Å². The number of rotatable bonds is 44. The number of carboxylic acids is 1. The van der Waals surface area contributed by atoms with E-state index in [2.05, 4.69) is 67.0 Å². The summed E-state index contributed by atoms with van der Waals surface area (Å²) in [4.78, 5) is 46.1. The van der Waals surface area contributed by atoms with Crippen LogP contribution in [0.25, 0.3) is 0 Å². The first kappa shape index (κ1) is 57.4. The molecular weight excluding hydrogens is 781 g/mol. The Kier molecular flexibility index (Phi) is 41.3. The molecule has 0 fully saturated rings. The summed E-state index contributed by atoms with van der Waals surface area (Å²) in [6.45, 7) is 2.76. The van der Waals surface area contributed by atoms with Crippen LogP contribution < -0.4 is 5.73 Å². The maximum absolute atomic E-state index is 12.7. The van der Waals surface area contributed by atoms with Gasteiger partial charge in [0.05, 0.1) is 13.2 Å². The third kappa shape index (κ3) is 42.1. The number of phosphoric ester groups is 1. The van der Waals surface area contributed by atoms with Crippen LogP contribution in [-0.2, 0) is 37.5 Å². The Morgan fingerprint density at radius 1 is 0.517 bits per heavy atom. The zero-order valence-electron chi connectivity index (χ0n) is 37.8. The number of unbranched alkanes of at least 4 members (excludes halogenated alkanes) is 22. The van der Waals surface area contributed by atoms with E-state index in [4.69, 9.17) is 24.8 Å². The number of hydrogen-bond donors (Lipinski definition) is 3. The van der Waals surface area contributed by atoms with E-state index in [1.165, 1.54) is 103 Å². The molecule has 0 amide bonds. The number of carboxylic acid groups (broad SMARTS) is 1. The van der Waals surface area contributed by atoms with E-state index < -0.39 is 51.1 Å². The van der Waals surface area contributed by atoms with Crippen LogP contribution in [0.15, 0.2) is 48.6 Å². The largest absolute Gasteiger partial charge is 0.480 e. The van der Waals surface area contributed by atoms with Gasteiger partial charge in [-0.05, 0) is 77.0 Å². The normalized spacial score (nSPS) is 14.1. The maximum atomic E-state index is 12.7. The molecule has 0 aromatic carbocycles. The minimum atomic E-state index is -4.72. The molecule has 0 aliphatic rings. The average Bonchev–Trinajstić information content (AvgIpc) is 3.22. The second kappa shape index (κ2) is 43.1. The summed E-state index contributed by atoms with van der Waals surface area (Å²) in [6.07, 6.45) is 48.8. The standard InChI is InChI=1S/C48H86NO10P/c1-3-5-7-9-11-13-15-17-19-21-22-24-26-28-30-32-34-36-38-40-47(51)59-44(42-57-60(54,55)58-43-45(49)48(52)53)41-56-46(50)39-37-35-33-31-29-27-25-23-20-18-16-14-12-10-8-6-4-2/h11-14,17-20,44-45H,3-10,15-16,21-43,49H2,1-2H3,(H,52,53)(H,54,55)/b13-11-,14-12-,19-17-,20-18-/t44-,45+/m1/s1. The minimum Gasteiger partial charge on any atom is -0.480 e. The summed E-state index contributed by atoms with van der Waals surface area (Å²) in [5.74, 6) is -2.39. The van der Waals surface area contributed by atoms with E-state index >= 15 is 0 Å². The fourth-order valence-electron chi connectivity index (χ4n) is 6.30. The molecule has 0 aliphatic heterocycles. The van der Waals surface area contributed by atoms with Gasteiger partial charge in [0.25, 0.3) is 0 Å². The van der Waals surface area contributed by atoms with Gasteiger partial charge in [0.1, 0.15) is 12.6 Å². The second-order valence-corrected chi connectivity index (χ2v) is 17.3. The molecule has 60 heavy (non-hydrogen) atoms. The van der Waals surface area contributed by atoms with Crippen LogP contribution in [0.4, 0.5) is 0 Å². The first-order valence-electron chi connectivity index (χ1n) is 23.7. The van der Waals surface area contributed by atoms with Gasteiger partial charge in [-0.25, -0.2) is 4.57 Å². The Labute approximate surface area is 365 Å². The fourth-order valence-corrected chi connectivity index (χ4v) is 7.08. The molecule has 348 valence electrons. The van der Waals surface area contributed by atoms with Gasteiger partial charge in [-0.15, -0.1) is 0 Å². The van der Waals surface area contributed by atoms with Gasteiger partial charge in [0.15, 0.2) is 6.10 Å². The molecule has 1 unspecified atom stereocenters. The summed E-state index contributed by atoms with van der Waals surface area (Å²) in [5.41, 5.74) is 5.34. The molecule has 12 heteroatoms. The van der Waals surface area contributed by atoms with Crippen LogP contribution >= 0.6 is 7.82 Å². The van der Waals surface area contributed by atoms with E-state index in [1.54, 1.807) is 0 Å². The molecule has 0 saturated carbocycles. The number of aliphatic carboxylic acids is 1. The van der Waals surface area contributed by atoms with Crippen LogP contribution in [0.2, 0.25) is 0 Å². The Morgan fingerprint density at radius 2 is 0.883 bits per heavy atom. The second-order valence-electron chi connectivity index (χ2n) is 15.9. The Bertz CT molecular complexity index is 1200. The van der Waals surface area contributed by atoms with Gasteiger partial charge in [-0.3, -0.25) is 23.4 Å². The predicted octanol–water partition coefficient (Wildman–Crippen LogP) is 13.0. The third-order valence-corrected chi connectivity index (χ3v) is 11.0. The van der Waals surface area contributed by atoms with E-state index in [0.29, 0.717) is 12.8 Å². The molecule has 0 aromatic rings. The Morgan fingerprint density at radius 3 is 1.30 bits per heavy atom. The monoisotopic (exact) mass is 868 g/mol. The highest BCUT2D eigenvalue weighted by Gasteiger charge is 2.28. The van der Waals surface area contributed by atoms with Crippen LogP contribution in [0.5, 0.6) is 0 Å². The van der Waals surface area contributed by atoms with Gasteiger partial charge in [-0.1, -0.05) is 165 Å². The third-order valence-electron chi connectivity index (χ3n) is 10.0. The number of hydrogen-bond acceptors (Lipinski definition) is 9. The van der Waals surface area contributed by atoms with Gasteiger partial charge < -0.3 is 25.2 Å². The molecule has 0 bridgehead atoms. The summed E-state index contributed by atoms with van der Waals surface area (Å²) in [7, 11) is -4.72. The lowest BCUT2D eigenvalue weighted by Crippen LogP contribution is -2.34. The first-order chi connectivity index (χ1) is 29.1. The molecular formula is C48H86NO10P. The Hall–Kier alpha value is -2.56. The van der Waals surface area contributed by atoms with Crippen molar-refractivity contribution in [3.63, 3.8) is 0 Å². The van der Waals surface area contributed by atoms with Gasteiger partial charge in [0, 0.05) is 12.8 Å². The quantitative estimate of drug-likeness (QED) is 0.0230. The topological polar surface area (TPSA) is 172 Å². The molecule has 0 spiro atoms. The fraction of sp³-hybridized carbons (Fsp3) is 0.771. The first-order valence-corrected chi connectivity index (χ1v) is 25.2. The van der Waals surface area contributed by atoms with Crippen molar-refractivity contribution in [3.05, 3.63) is 48.6 Å². The predicted molar refractivity (Wildman–Crippen MR) is 245 cm³/mol. The molecule has 0 saturated heterocycles. The van der Waals surface area contributed by atoms with Crippen LogP contribution in [0, 0.1) is 0 Å². The number of nitrogens with two attached hydrogens (primary N) is 1. The van der Waals surface area contributed by atoms with E-state index in [9.17, 15) is 23.8 Å². The zero-order chi connectivity index (χ0) is 44.2. The average molecular weight is 868 g/mol. The van der Waals surface area contributed by atoms with Gasteiger partial charge >= 0.3 is 25.7 Å². The van der Waals surface area contributed by atoms with E-state index in [1.807, 2.05) is 0 Å². The lowest BCUT2D eigenvalue weighted by molar-refractivity contribution is -0.161. The number of carbonyl (C=O) groups is 3. The SMILES string of the molecule is CCCCC/C=C\C/C=C\CCCCCCCCCCCC(=O)O[C@H](COC(=O)CCCCCCCCC/C=C\C/C=C\CCCCC)COP(=O)(O)OC[C@H](N)C(=O)O. The van der Waals surface area contributed by atoms with Crippen molar-refractivity contribution in [3.8, 4) is 0 Å². The highest BCUT2D eigenvalue weighted by molar-refractivity contribution is 7.47. The number of phosphoric acid groups is 1.